The first-order chi connectivity index (χ1) is 15.9. The number of ether oxygens (including phenoxy) is 1. The Labute approximate surface area is 196 Å². The van der Waals surface area contributed by atoms with Crippen molar-refractivity contribution in [3.05, 3.63) is 97.3 Å². The van der Waals surface area contributed by atoms with E-state index in [4.69, 9.17) is 16.3 Å². The molecule has 0 saturated carbocycles. The summed E-state index contributed by atoms with van der Waals surface area (Å²) in [5, 5.41) is 14.9. The van der Waals surface area contributed by atoms with E-state index in [0.717, 1.165) is 11.3 Å². The van der Waals surface area contributed by atoms with Crippen LogP contribution in [0, 0.1) is 10.1 Å². The summed E-state index contributed by atoms with van der Waals surface area (Å²) >= 11 is 6.46. The van der Waals surface area contributed by atoms with Crippen molar-refractivity contribution in [3.63, 3.8) is 0 Å². The Morgan fingerprint density at radius 1 is 1.21 bits per heavy atom. The molecule has 1 unspecified atom stereocenters. The minimum absolute atomic E-state index is 0.0987. The zero-order chi connectivity index (χ0) is 23.5. The number of hydrogen-bond donors (Lipinski definition) is 1. The van der Waals surface area contributed by atoms with Crippen molar-refractivity contribution in [1.82, 2.24) is 5.32 Å². The summed E-state index contributed by atoms with van der Waals surface area (Å²) in [6, 6.07) is 13.7. The minimum Gasteiger partial charge on any atom is -0.462 e. The molecule has 1 atom stereocenters. The lowest BCUT2D eigenvalue weighted by Gasteiger charge is -2.34. The van der Waals surface area contributed by atoms with Gasteiger partial charge in [-0.2, -0.15) is 0 Å². The lowest BCUT2D eigenvalue weighted by molar-refractivity contribution is -0.384. The zero-order valence-electron chi connectivity index (χ0n) is 18.1. The predicted octanol–water partition coefficient (Wildman–Crippen LogP) is 5.00. The van der Waals surface area contributed by atoms with E-state index in [9.17, 15) is 19.7 Å². The Hall–Kier alpha value is -3.45. The Morgan fingerprint density at radius 3 is 2.70 bits per heavy atom. The van der Waals surface area contributed by atoms with E-state index in [0.29, 0.717) is 42.5 Å². The standard InChI is InChI=1S/C25H23ClN2O5/c1-15-22(25(30)33-13-12-16-6-3-2-4-7-16)23(24-20(27-15)8-5-9-21(24)29)18-14-17(28(31)32)10-11-19(18)26/h2-4,6-7,10-11,14,23,27H,5,8-9,12-13H2,1H3. The van der Waals surface area contributed by atoms with Gasteiger partial charge in [-0.15, -0.1) is 0 Å². The number of halogens is 1. The smallest absolute Gasteiger partial charge is 0.336 e. The average molecular weight is 467 g/mol. The number of dihydropyridines is 1. The quantitative estimate of drug-likeness (QED) is 0.365. The van der Waals surface area contributed by atoms with E-state index >= 15 is 0 Å². The second-order valence-corrected chi connectivity index (χ2v) is 8.51. The maximum Gasteiger partial charge on any atom is 0.336 e. The molecule has 0 radical (unpaired) electrons. The number of carbonyl (C=O) groups is 2. The van der Waals surface area contributed by atoms with Crippen LogP contribution in [0.3, 0.4) is 0 Å². The van der Waals surface area contributed by atoms with Gasteiger partial charge in [0.05, 0.1) is 17.1 Å². The average Bonchev–Trinajstić information content (AvgIpc) is 2.79. The van der Waals surface area contributed by atoms with Crippen molar-refractivity contribution in [1.29, 1.82) is 0 Å². The van der Waals surface area contributed by atoms with Crippen LogP contribution in [-0.2, 0) is 20.7 Å². The van der Waals surface area contributed by atoms with Gasteiger partial charge in [-0.3, -0.25) is 14.9 Å². The van der Waals surface area contributed by atoms with Gasteiger partial charge in [-0.1, -0.05) is 41.9 Å². The van der Waals surface area contributed by atoms with Gasteiger partial charge < -0.3 is 10.1 Å². The predicted molar refractivity (Wildman–Crippen MR) is 124 cm³/mol. The molecule has 0 fully saturated rings. The number of allylic oxidation sites excluding steroid dienone is 3. The fraction of sp³-hybridized carbons (Fsp3) is 0.280. The number of non-ortho nitro benzene ring substituents is 1. The maximum atomic E-state index is 13.3. The highest BCUT2D eigenvalue weighted by molar-refractivity contribution is 6.31. The third kappa shape index (κ3) is 4.68. The highest BCUT2D eigenvalue weighted by atomic mass is 35.5. The Morgan fingerprint density at radius 2 is 1.97 bits per heavy atom. The lowest BCUT2D eigenvalue weighted by Crippen LogP contribution is -2.34. The topological polar surface area (TPSA) is 98.5 Å². The van der Waals surface area contributed by atoms with Crippen LogP contribution in [-0.4, -0.2) is 23.3 Å². The molecular formula is C25H23ClN2O5. The molecule has 1 N–H and O–H groups in total. The van der Waals surface area contributed by atoms with Crippen LogP contribution < -0.4 is 5.32 Å². The molecule has 0 bridgehead atoms. The van der Waals surface area contributed by atoms with Gasteiger partial charge in [0.2, 0.25) is 0 Å². The molecule has 33 heavy (non-hydrogen) atoms. The number of ketones is 1. The number of esters is 1. The minimum atomic E-state index is -0.828. The third-order valence-corrected chi connectivity index (χ3v) is 6.31. The van der Waals surface area contributed by atoms with E-state index in [1.807, 2.05) is 30.3 Å². The molecule has 1 aliphatic heterocycles. The third-order valence-electron chi connectivity index (χ3n) is 5.96. The molecule has 0 saturated heterocycles. The molecular weight excluding hydrogens is 444 g/mol. The zero-order valence-corrected chi connectivity index (χ0v) is 18.9. The first-order valence-corrected chi connectivity index (χ1v) is 11.1. The van der Waals surface area contributed by atoms with E-state index in [2.05, 4.69) is 5.32 Å². The molecule has 0 aromatic heterocycles. The van der Waals surface area contributed by atoms with E-state index in [1.54, 1.807) is 6.92 Å². The van der Waals surface area contributed by atoms with Crippen LogP contribution in [0.2, 0.25) is 5.02 Å². The first kappa shape index (κ1) is 22.7. The molecule has 4 rings (SSSR count). The van der Waals surface area contributed by atoms with Gasteiger partial charge in [0.1, 0.15) is 0 Å². The second kappa shape index (κ2) is 9.58. The number of carbonyl (C=O) groups excluding carboxylic acids is 2. The number of nitro benzene ring substituents is 1. The summed E-state index contributed by atoms with van der Waals surface area (Å²) < 4.78 is 5.59. The summed E-state index contributed by atoms with van der Waals surface area (Å²) in [6.45, 7) is 1.91. The molecule has 2 aromatic carbocycles. The fourth-order valence-electron chi connectivity index (χ4n) is 4.41. The number of Topliss-reactive ketones (excluding diaryl/α,β-unsaturated/α-hetero) is 1. The Balaban J connectivity index is 1.71. The van der Waals surface area contributed by atoms with E-state index < -0.39 is 16.8 Å². The van der Waals surface area contributed by atoms with Crippen LogP contribution >= 0.6 is 11.6 Å². The molecule has 0 spiro atoms. The highest BCUT2D eigenvalue weighted by Gasteiger charge is 2.40. The Kier molecular flexibility index (Phi) is 6.60. The number of rotatable bonds is 6. The fourth-order valence-corrected chi connectivity index (χ4v) is 4.64. The molecule has 2 aliphatic rings. The van der Waals surface area contributed by atoms with Crippen LogP contribution in [0.4, 0.5) is 5.69 Å². The highest BCUT2D eigenvalue weighted by Crippen LogP contribution is 2.45. The van der Waals surface area contributed by atoms with Crippen molar-refractivity contribution < 1.29 is 19.2 Å². The van der Waals surface area contributed by atoms with Gasteiger partial charge >= 0.3 is 5.97 Å². The van der Waals surface area contributed by atoms with Crippen LogP contribution in [0.15, 0.2) is 71.1 Å². The van der Waals surface area contributed by atoms with Gasteiger partial charge in [0.15, 0.2) is 5.78 Å². The second-order valence-electron chi connectivity index (χ2n) is 8.10. The SMILES string of the molecule is CC1=C(C(=O)OCCc2ccccc2)C(c2cc([N+](=O)[O-])ccc2Cl)C2=C(CCCC2=O)N1. The van der Waals surface area contributed by atoms with Crippen molar-refractivity contribution in [2.75, 3.05) is 6.61 Å². The van der Waals surface area contributed by atoms with Crippen molar-refractivity contribution in [3.8, 4) is 0 Å². The molecule has 7 nitrogen and oxygen atoms in total. The number of nitrogens with zero attached hydrogens (tertiary/aromatic N) is 1. The van der Waals surface area contributed by atoms with Gasteiger partial charge in [0.25, 0.3) is 5.69 Å². The van der Waals surface area contributed by atoms with E-state index in [-0.39, 0.29) is 28.7 Å². The summed E-state index contributed by atoms with van der Waals surface area (Å²) in [7, 11) is 0. The van der Waals surface area contributed by atoms with Crippen molar-refractivity contribution in [2.24, 2.45) is 0 Å². The molecule has 1 aliphatic carbocycles. The van der Waals surface area contributed by atoms with Crippen molar-refractivity contribution in [2.45, 2.75) is 38.5 Å². The first-order valence-electron chi connectivity index (χ1n) is 10.8. The maximum absolute atomic E-state index is 13.3. The van der Waals surface area contributed by atoms with Crippen LogP contribution in [0.1, 0.15) is 43.2 Å². The number of nitro groups is 1. The van der Waals surface area contributed by atoms with Gasteiger partial charge in [-0.05, 0) is 37.0 Å². The normalized spacial score (nSPS) is 18.0. The van der Waals surface area contributed by atoms with Gasteiger partial charge in [-0.25, -0.2) is 4.79 Å². The van der Waals surface area contributed by atoms with Gasteiger partial charge in [0, 0.05) is 52.9 Å². The van der Waals surface area contributed by atoms with Crippen LogP contribution in [0.25, 0.3) is 0 Å². The lowest BCUT2D eigenvalue weighted by atomic mass is 9.75. The monoisotopic (exact) mass is 466 g/mol. The number of nitrogens with one attached hydrogen (secondary N) is 1. The van der Waals surface area contributed by atoms with E-state index in [1.165, 1.54) is 18.2 Å². The summed E-state index contributed by atoms with van der Waals surface area (Å²) in [5.74, 6) is -1.50. The largest absolute Gasteiger partial charge is 0.462 e. The summed E-state index contributed by atoms with van der Waals surface area (Å²) in [6.07, 6.45) is 2.24. The Bertz CT molecular complexity index is 1190. The number of benzene rings is 2. The van der Waals surface area contributed by atoms with Crippen molar-refractivity contribution >= 4 is 29.0 Å². The summed E-state index contributed by atoms with van der Waals surface area (Å²) in [5.41, 5.74) is 3.20. The number of hydrogen-bond acceptors (Lipinski definition) is 6. The van der Waals surface area contributed by atoms with Crippen LogP contribution in [0.5, 0.6) is 0 Å². The molecule has 170 valence electrons. The molecule has 8 heteroatoms. The molecule has 0 amide bonds. The molecule has 2 aromatic rings. The summed E-state index contributed by atoms with van der Waals surface area (Å²) in [4.78, 5) is 37.1. The molecule has 1 heterocycles.